The van der Waals surface area contributed by atoms with Gasteiger partial charge in [0.1, 0.15) is 10.7 Å². The van der Waals surface area contributed by atoms with Crippen LogP contribution in [0.3, 0.4) is 0 Å². The Balaban J connectivity index is 2.42. The number of hydrogen-bond donors (Lipinski definition) is 2. The van der Waals surface area contributed by atoms with Crippen LogP contribution in [0.15, 0.2) is 25.9 Å². The molecule has 0 aliphatic carbocycles. The molecule has 0 amide bonds. The minimum atomic E-state index is -4.04. The fraction of sp³-hybridized carbons (Fsp3) is 0.111. The van der Waals surface area contributed by atoms with Gasteiger partial charge in [0.15, 0.2) is 0 Å². The summed E-state index contributed by atoms with van der Waals surface area (Å²) in [7, 11) is -4.04. The number of aryl methyl sites for hydroxylation is 1. The van der Waals surface area contributed by atoms with E-state index < -0.39 is 15.8 Å². The molecule has 0 aliphatic heterocycles. The van der Waals surface area contributed by atoms with Crippen LogP contribution in [-0.2, 0) is 10.0 Å². The average Bonchev–Trinajstić information content (AvgIpc) is 2.68. The second kappa shape index (κ2) is 4.78. The van der Waals surface area contributed by atoms with Gasteiger partial charge < -0.3 is 10.2 Å². The zero-order valence-electron chi connectivity index (χ0n) is 9.52. The van der Waals surface area contributed by atoms with Crippen molar-refractivity contribution < 1.29 is 17.2 Å². The zero-order valence-corrected chi connectivity index (χ0v) is 11.9. The fourth-order valence-corrected chi connectivity index (χ4v) is 2.84. The summed E-state index contributed by atoms with van der Waals surface area (Å²) in [6.45, 7) is 1.51. The van der Waals surface area contributed by atoms with Gasteiger partial charge in [0, 0.05) is 6.92 Å². The van der Waals surface area contributed by atoms with Crippen molar-refractivity contribution in [2.24, 2.45) is 0 Å². The first-order valence-electron chi connectivity index (χ1n) is 4.87. The molecule has 102 valence electrons. The third-order valence-electron chi connectivity index (χ3n) is 2.09. The summed E-state index contributed by atoms with van der Waals surface area (Å²) >= 11 is 2.89. The lowest BCUT2D eigenvalue weighted by atomic mass is 10.3. The van der Waals surface area contributed by atoms with Crippen LogP contribution in [0.2, 0.25) is 0 Å². The van der Waals surface area contributed by atoms with Crippen LogP contribution in [0.1, 0.15) is 5.89 Å². The van der Waals surface area contributed by atoms with E-state index >= 15 is 0 Å². The van der Waals surface area contributed by atoms with Gasteiger partial charge in [-0.2, -0.15) is 0 Å². The van der Waals surface area contributed by atoms with E-state index in [1.807, 2.05) is 0 Å². The molecule has 0 fully saturated rings. The highest BCUT2D eigenvalue weighted by atomic mass is 79.9. The van der Waals surface area contributed by atoms with Gasteiger partial charge in [-0.1, -0.05) is 5.10 Å². The molecular weight excluding hydrogens is 343 g/mol. The Labute approximate surface area is 116 Å². The minimum Gasteiger partial charge on any atom is -0.408 e. The highest BCUT2D eigenvalue weighted by molar-refractivity contribution is 9.10. The lowest BCUT2D eigenvalue weighted by Crippen LogP contribution is -2.15. The molecule has 2 rings (SSSR count). The highest BCUT2D eigenvalue weighted by Crippen LogP contribution is 2.27. The molecule has 2 aromatic rings. The molecule has 0 spiro atoms. The molecule has 0 bridgehead atoms. The molecule has 1 aromatic heterocycles. The van der Waals surface area contributed by atoms with E-state index in [0.29, 0.717) is 0 Å². The summed E-state index contributed by atoms with van der Waals surface area (Å²) in [5.41, 5.74) is 5.26. The van der Waals surface area contributed by atoms with Crippen molar-refractivity contribution in [2.45, 2.75) is 11.8 Å². The van der Waals surface area contributed by atoms with Crippen molar-refractivity contribution in [3.8, 4) is 0 Å². The van der Waals surface area contributed by atoms with Crippen molar-refractivity contribution in [1.82, 2.24) is 10.2 Å². The lowest BCUT2D eigenvalue weighted by molar-refractivity contribution is 0.534. The van der Waals surface area contributed by atoms with Crippen molar-refractivity contribution >= 4 is 37.7 Å². The molecule has 0 aliphatic rings. The standard InChI is InChI=1S/C9H8BrFN4O3S/c1-4-13-14-9(18-4)15-19(16,17)8-2-5(10)6(11)3-7(8)12/h2-3H,12H2,1H3,(H,14,15). The second-order valence-electron chi connectivity index (χ2n) is 3.54. The molecule has 0 saturated carbocycles. The number of nitrogen functional groups attached to an aromatic ring is 1. The zero-order chi connectivity index (χ0) is 14.2. The molecule has 1 aromatic carbocycles. The van der Waals surface area contributed by atoms with E-state index in [4.69, 9.17) is 10.2 Å². The molecule has 19 heavy (non-hydrogen) atoms. The number of nitrogens with two attached hydrogens (primary N) is 1. The molecule has 0 radical (unpaired) electrons. The van der Waals surface area contributed by atoms with E-state index in [0.717, 1.165) is 12.1 Å². The van der Waals surface area contributed by atoms with Gasteiger partial charge in [0.2, 0.25) is 5.89 Å². The molecule has 0 saturated heterocycles. The maximum Gasteiger partial charge on any atom is 0.329 e. The monoisotopic (exact) mass is 350 g/mol. The van der Waals surface area contributed by atoms with Gasteiger partial charge in [-0.25, -0.2) is 17.5 Å². The maximum atomic E-state index is 13.2. The van der Waals surface area contributed by atoms with Crippen molar-refractivity contribution in [2.75, 3.05) is 10.5 Å². The number of sulfonamides is 1. The first kappa shape index (κ1) is 13.7. The predicted octanol–water partition coefficient (Wildman–Crippen LogP) is 1.66. The van der Waals surface area contributed by atoms with Crippen molar-refractivity contribution in [3.63, 3.8) is 0 Å². The van der Waals surface area contributed by atoms with Crippen LogP contribution in [0.5, 0.6) is 0 Å². The van der Waals surface area contributed by atoms with Crippen LogP contribution in [0.4, 0.5) is 16.1 Å². The number of hydrogen-bond acceptors (Lipinski definition) is 6. The van der Waals surface area contributed by atoms with Gasteiger partial charge in [-0.3, -0.25) is 0 Å². The van der Waals surface area contributed by atoms with Crippen molar-refractivity contribution in [1.29, 1.82) is 0 Å². The summed E-state index contributed by atoms with van der Waals surface area (Å²) in [5, 5.41) is 6.97. The number of anilines is 2. The lowest BCUT2D eigenvalue weighted by Gasteiger charge is -2.08. The Morgan fingerprint density at radius 3 is 2.68 bits per heavy atom. The van der Waals surface area contributed by atoms with Gasteiger partial charge in [0.05, 0.1) is 10.2 Å². The molecule has 7 nitrogen and oxygen atoms in total. The van der Waals surface area contributed by atoms with E-state index in [1.54, 1.807) is 0 Å². The van der Waals surface area contributed by atoms with Crippen LogP contribution in [0, 0.1) is 12.7 Å². The first-order valence-corrected chi connectivity index (χ1v) is 7.14. The Morgan fingerprint density at radius 2 is 2.11 bits per heavy atom. The van der Waals surface area contributed by atoms with Gasteiger partial charge in [-0.05, 0) is 28.1 Å². The number of nitrogens with zero attached hydrogens (tertiary/aromatic N) is 2. The Hall–Kier alpha value is -1.68. The van der Waals surface area contributed by atoms with Crippen LogP contribution in [-0.4, -0.2) is 18.6 Å². The smallest absolute Gasteiger partial charge is 0.329 e. The van der Waals surface area contributed by atoms with E-state index in [2.05, 4.69) is 30.8 Å². The molecule has 0 atom stereocenters. The normalized spacial score (nSPS) is 11.5. The first-order chi connectivity index (χ1) is 8.79. The summed E-state index contributed by atoms with van der Waals surface area (Å²) in [6, 6.07) is 1.66. The van der Waals surface area contributed by atoms with E-state index in [9.17, 15) is 12.8 Å². The molecular formula is C9H8BrFN4O3S. The van der Waals surface area contributed by atoms with Crippen molar-refractivity contribution in [3.05, 3.63) is 28.3 Å². The number of benzene rings is 1. The van der Waals surface area contributed by atoms with Gasteiger partial charge in [0.25, 0.3) is 10.0 Å². The topological polar surface area (TPSA) is 111 Å². The third-order valence-corrected chi connectivity index (χ3v) is 4.07. The molecule has 0 unspecified atom stereocenters. The fourth-order valence-electron chi connectivity index (χ4n) is 1.28. The Morgan fingerprint density at radius 1 is 1.42 bits per heavy atom. The average molecular weight is 351 g/mol. The number of halogens is 2. The Kier molecular flexibility index (Phi) is 3.45. The van der Waals surface area contributed by atoms with Crippen LogP contribution < -0.4 is 10.5 Å². The number of rotatable bonds is 3. The quantitative estimate of drug-likeness (QED) is 0.814. The van der Waals surface area contributed by atoms with Gasteiger partial charge in [-0.15, -0.1) is 5.10 Å². The predicted molar refractivity (Wildman–Crippen MR) is 68.4 cm³/mol. The van der Waals surface area contributed by atoms with Crippen LogP contribution in [0.25, 0.3) is 0 Å². The highest BCUT2D eigenvalue weighted by Gasteiger charge is 2.22. The molecule has 1 heterocycles. The van der Waals surface area contributed by atoms with Crippen LogP contribution >= 0.6 is 15.9 Å². The molecule has 10 heteroatoms. The summed E-state index contributed by atoms with van der Waals surface area (Å²) < 4.78 is 44.2. The minimum absolute atomic E-state index is 0.0243. The Bertz CT molecular complexity index is 731. The largest absolute Gasteiger partial charge is 0.408 e. The van der Waals surface area contributed by atoms with Gasteiger partial charge >= 0.3 is 6.01 Å². The SMILES string of the molecule is Cc1nnc(NS(=O)(=O)c2cc(Br)c(F)cc2N)o1. The summed E-state index contributed by atoms with van der Waals surface area (Å²) in [5.74, 6) is -0.462. The summed E-state index contributed by atoms with van der Waals surface area (Å²) in [6.07, 6.45) is 0. The van der Waals surface area contributed by atoms with E-state index in [1.165, 1.54) is 6.92 Å². The third kappa shape index (κ3) is 2.84. The maximum absolute atomic E-state index is 13.2. The number of nitrogens with one attached hydrogen (secondary N) is 1. The van der Waals surface area contributed by atoms with E-state index in [-0.39, 0.29) is 27.0 Å². The summed E-state index contributed by atoms with van der Waals surface area (Å²) in [4.78, 5) is -0.295. The number of aromatic nitrogens is 2. The molecule has 3 N–H and O–H groups in total. The second-order valence-corrected chi connectivity index (χ2v) is 6.04.